The molecule has 4 aromatic rings. The molecule has 2 aromatic carbocycles. The smallest absolute Gasteiger partial charge is 0.279 e. The number of hydrogen-bond acceptors (Lipinski definition) is 5. The van der Waals surface area contributed by atoms with Crippen LogP contribution >= 0.6 is 27.5 Å². The number of aromatic nitrogens is 2. The molecule has 0 saturated carbocycles. The molecule has 7 nitrogen and oxygen atoms in total. The van der Waals surface area contributed by atoms with Gasteiger partial charge in [0.1, 0.15) is 12.4 Å². The third kappa shape index (κ3) is 5.12. The molecule has 0 aliphatic rings. The summed E-state index contributed by atoms with van der Waals surface area (Å²) < 4.78 is 33.5. The predicted octanol–water partition coefficient (Wildman–Crippen LogP) is 4.93. The van der Waals surface area contributed by atoms with Crippen LogP contribution in [0.5, 0.6) is 11.6 Å². The molecule has 35 heavy (non-hydrogen) atoms. The minimum atomic E-state index is -0.560. The van der Waals surface area contributed by atoms with Crippen LogP contribution in [-0.4, -0.2) is 22.9 Å². The highest BCUT2D eigenvalue weighted by Gasteiger charge is 2.22. The highest BCUT2D eigenvalue weighted by atomic mass is 79.9. The SMILES string of the molecule is COCOc1c(C)n(Cc2ccc(F)c(Cl)c2)c(=O)c2c(OCc3ccccc3)c(=O)c(Br)cn12. The van der Waals surface area contributed by atoms with E-state index in [1.165, 1.54) is 40.5 Å². The Morgan fingerprint density at radius 2 is 1.80 bits per heavy atom. The summed E-state index contributed by atoms with van der Waals surface area (Å²) in [4.78, 5) is 26.8. The van der Waals surface area contributed by atoms with E-state index in [0.29, 0.717) is 11.3 Å². The maximum Gasteiger partial charge on any atom is 0.279 e. The van der Waals surface area contributed by atoms with Crippen molar-refractivity contribution in [3.8, 4) is 11.6 Å². The first-order valence-electron chi connectivity index (χ1n) is 10.5. The van der Waals surface area contributed by atoms with Crippen molar-refractivity contribution in [1.82, 2.24) is 8.97 Å². The van der Waals surface area contributed by atoms with E-state index in [2.05, 4.69) is 15.9 Å². The van der Waals surface area contributed by atoms with Gasteiger partial charge in [0.25, 0.3) is 5.56 Å². The largest absolute Gasteiger partial charge is 0.483 e. The molecule has 0 radical (unpaired) electrons. The molecule has 2 heterocycles. The van der Waals surface area contributed by atoms with Gasteiger partial charge >= 0.3 is 0 Å². The Morgan fingerprint density at radius 1 is 1.06 bits per heavy atom. The van der Waals surface area contributed by atoms with Crippen LogP contribution in [0.1, 0.15) is 16.8 Å². The maximum absolute atomic E-state index is 13.7. The Hall–Kier alpha value is -3.14. The zero-order chi connectivity index (χ0) is 25.1. The first-order chi connectivity index (χ1) is 16.8. The summed E-state index contributed by atoms with van der Waals surface area (Å²) in [5.74, 6) is -0.406. The minimum absolute atomic E-state index is 0.000886. The number of benzene rings is 2. The molecule has 0 atom stereocenters. The molecule has 2 aromatic heterocycles. The number of fused-ring (bicyclic) bond motifs is 1. The number of methoxy groups -OCH3 is 1. The number of rotatable bonds is 8. The van der Waals surface area contributed by atoms with Crippen LogP contribution in [0.3, 0.4) is 0 Å². The van der Waals surface area contributed by atoms with Crippen LogP contribution in [0.25, 0.3) is 5.52 Å². The molecular weight excluding hydrogens is 543 g/mol. The minimum Gasteiger partial charge on any atom is -0.483 e. The molecule has 0 N–H and O–H groups in total. The molecule has 4 rings (SSSR count). The van der Waals surface area contributed by atoms with E-state index < -0.39 is 16.8 Å². The summed E-state index contributed by atoms with van der Waals surface area (Å²) in [5.41, 5.74) is 0.920. The second kappa shape index (κ2) is 10.6. The van der Waals surface area contributed by atoms with Gasteiger partial charge in [-0.15, -0.1) is 0 Å². The third-order valence-electron chi connectivity index (χ3n) is 5.37. The van der Waals surface area contributed by atoms with Crippen LogP contribution in [0.4, 0.5) is 4.39 Å². The first kappa shape index (κ1) is 25.0. The topological polar surface area (TPSA) is 71.2 Å². The lowest BCUT2D eigenvalue weighted by Gasteiger charge is -2.20. The van der Waals surface area contributed by atoms with Crippen LogP contribution in [0.2, 0.25) is 5.02 Å². The van der Waals surface area contributed by atoms with Gasteiger partial charge in [0.05, 0.1) is 21.7 Å². The van der Waals surface area contributed by atoms with Gasteiger partial charge in [0.15, 0.2) is 18.1 Å². The van der Waals surface area contributed by atoms with Crippen LogP contribution < -0.4 is 20.5 Å². The van der Waals surface area contributed by atoms with Crippen molar-refractivity contribution < 1.29 is 18.6 Å². The molecular formula is C25H21BrClFN2O5. The Bertz CT molecular complexity index is 1500. The quantitative estimate of drug-likeness (QED) is 0.284. The van der Waals surface area contributed by atoms with Gasteiger partial charge in [0, 0.05) is 13.3 Å². The highest BCUT2D eigenvalue weighted by Crippen LogP contribution is 2.26. The fourth-order valence-electron chi connectivity index (χ4n) is 3.66. The van der Waals surface area contributed by atoms with E-state index in [0.717, 1.165) is 5.56 Å². The van der Waals surface area contributed by atoms with Gasteiger partial charge in [-0.25, -0.2) is 4.39 Å². The lowest BCUT2D eigenvalue weighted by Crippen LogP contribution is -2.29. The number of nitrogens with zero attached hydrogens (tertiary/aromatic N) is 2. The fourth-order valence-corrected chi connectivity index (χ4v) is 4.24. The van der Waals surface area contributed by atoms with Gasteiger partial charge in [-0.2, -0.15) is 0 Å². The Morgan fingerprint density at radius 3 is 2.49 bits per heavy atom. The molecule has 0 unspecified atom stereocenters. The summed E-state index contributed by atoms with van der Waals surface area (Å²) >= 11 is 9.22. The van der Waals surface area contributed by atoms with Crippen molar-refractivity contribution in [2.45, 2.75) is 20.1 Å². The van der Waals surface area contributed by atoms with E-state index in [9.17, 15) is 14.0 Å². The summed E-state index contributed by atoms with van der Waals surface area (Å²) in [6.07, 6.45) is 1.46. The van der Waals surface area contributed by atoms with E-state index in [-0.39, 0.29) is 46.6 Å². The summed E-state index contributed by atoms with van der Waals surface area (Å²) in [7, 11) is 1.47. The first-order valence-corrected chi connectivity index (χ1v) is 11.7. The third-order valence-corrected chi connectivity index (χ3v) is 6.22. The summed E-state index contributed by atoms with van der Waals surface area (Å²) in [6, 6.07) is 13.5. The fraction of sp³-hybridized carbons (Fsp3) is 0.200. The van der Waals surface area contributed by atoms with E-state index in [4.69, 9.17) is 25.8 Å². The van der Waals surface area contributed by atoms with Crippen LogP contribution in [0, 0.1) is 12.7 Å². The van der Waals surface area contributed by atoms with Crippen molar-refractivity contribution in [2.24, 2.45) is 0 Å². The molecule has 0 aliphatic heterocycles. The van der Waals surface area contributed by atoms with Crippen LogP contribution in [0.15, 0.2) is 68.8 Å². The van der Waals surface area contributed by atoms with E-state index in [1.807, 2.05) is 30.3 Å². The zero-order valence-electron chi connectivity index (χ0n) is 18.9. The highest BCUT2D eigenvalue weighted by molar-refractivity contribution is 9.10. The van der Waals surface area contributed by atoms with Crippen molar-refractivity contribution in [3.63, 3.8) is 0 Å². The average molecular weight is 564 g/mol. The Labute approximate surface area is 213 Å². The van der Waals surface area contributed by atoms with Gasteiger partial charge in [-0.05, 0) is 46.1 Å². The number of hydrogen-bond donors (Lipinski definition) is 0. The van der Waals surface area contributed by atoms with Crippen LogP contribution in [-0.2, 0) is 17.9 Å². The molecule has 10 heteroatoms. The maximum atomic E-state index is 13.7. The van der Waals surface area contributed by atoms with Gasteiger partial charge in [-0.3, -0.25) is 14.0 Å². The second-order valence-corrected chi connectivity index (χ2v) is 8.97. The average Bonchev–Trinajstić information content (AvgIpc) is 2.85. The van der Waals surface area contributed by atoms with E-state index >= 15 is 0 Å². The number of halogens is 3. The van der Waals surface area contributed by atoms with Crippen molar-refractivity contribution in [3.05, 3.63) is 107 Å². The van der Waals surface area contributed by atoms with Gasteiger partial charge in [-0.1, -0.05) is 48.0 Å². The summed E-state index contributed by atoms with van der Waals surface area (Å²) in [5, 5.41) is -0.0584. The molecule has 182 valence electrons. The van der Waals surface area contributed by atoms with E-state index in [1.54, 1.807) is 6.92 Å². The van der Waals surface area contributed by atoms with Crippen molar-refractivity contribution >= 4 is 33.0 Å². The van der Waals surface area contributed by atoms with Crippen molar-refractivity contribution in [1.29, 1.82) is 0 Å². The lowest BCUT2D eigenvalue weighted by molar-refractivity contribution is 0.0455. The molecule has 0 aliphatic carbocycles. The zero-order valence-corrected chi connectivity index (χ0v) is 21.2. The Kier molecular flexibility index (Phi) is 7.59. The molecule has 0 spiro atoms. The molecule has 0 saturated heterocycles. The molecule has 0 bridgehead atoms. The predicted molar refractivity (Wildman–Crippen MR) is 134 cm³/mol. The van der Waals surface area contributed by atoms with Gasteiger partial charge in [0.2, 0.25) is 11.3 Å². The number of pyridine rings is 1. The standard InChI is InChI=1S/C25H21BrClFN2O5/c1-15-25(35-14-33-2)30-12-18(26)22(31)23(34-13-16-6-4-3-5-7-16)21(30)24(32)29(15)11-17-8-9-20(28)19(27)10-17/h3-10,12H,11,13-14H2,1-2H3. The number of ether oxygens (including phenoxy) is 3. The normalized spacial score (nSPS) is 11.1. The van der Waals surface area contributed by atoms with Crippen molar-refractivity contribution in [2.75, 3.05) is 13.9 Å². The second-order valence-electron chi connectivity index (χ2n) is 7.71. The molecule has 0 fully saturated rings. The summed E-state index contributed by atoms with van der Waals surface area (Å²) in [6.45, 7) is 1.75. The lowest BCUT2D eigenvalue weighted by atomic mass is 10.2. The monoisotopic (exact) mass is 562 g/mol. The van der Waals surface area contributed by atoms with Gasteiger partial charge < -0.3 is 18.8 Å². The molecule has 0 amide bonds. The Balaban J connectivity index is 1.94.